The van der Waals surface area contributed by atoms with E-state index in [0.29, 0.717) is 49.2 Å². The van der Waals surface area contributed by atoms with Gasteiger partial charge in [-0.25, -0.2) is 4.98 Å². The molecule has 0 saturated carbocycles. The molecule has 1 saturated heterocycles. The molecule has 2 N–H and O–H groups in total. The summed E-state index contributed by atoms with van der Waals surface area (Å²) in [4.78, 5) is 26.1. The monoisotopic (exact) mass is 561 g/mol. The minimum atomic E-state index is -0.272. The Hall–Kier alpha value is -3.75. The lowest BCUT2D eigenvalue weighted by Crippen LogP contribution is -2.51. The first-order valence-corrected chi connectivity index (χ1v) is 14.0. The molecule has 0 bridgehead atoms. The Bertz CT molecular complexity index is 1460. The summed E-state index contributed by atoms with van der Waals surface area (Å²) in [5, 5.41) is 5.17. The Kier molecular flexibility index (Phi) is 8.47. The third-order valence-electron chi connectivity index (χ3n) is 7.46. The molecule has 4 aromatic rings. The largest absolute Gasteiger partial charge is 0.493 e. The summed E-state index contributed by atoms with van der Waals surface area (Å²) in [6.07, 6.45) is 3.82. The van der Waals surface area contributed by atoms with Gasteiger partial charge in [0, 0.05) is 67.1 Å². The zero-order valence-electron chi connectivity index (χ0n) is 23.4. The predicted octanol–water partition coefficient (Wildman–Crippen LogP) is 5.33. The van der Waals surface area contributed by atoms with E-state index in [1.54, 1.807) is 14.2 Å². The van der Waals surface area contributed by atoms with Gasteiger partial charge < -0.3 is 29.6 Å². The SMILES string of the molecule is COc1ccc(-c2cnc3[nH]ccc3c2N2CCN(C(=O)C(CNC(C)C)c3ccc(Cl)cc3)CC2)cc1OC. The fourth-order valence-electron chi connectivity index (χ4n) is 5.32. The van der Waals surface area contributed by atoms with Gasteiger partial charge in [-0.2, -0.15) is 0 Å². The average Bonchev–Trinajstić information content (AvgIpc) is 3.46. The van der Waals surface area contributed by atoms with Crippen molar-refractivity contribution in [1.82, 2.24) is 20.2 Å². The van der Waals surface area contributed by atoms with Crippen LogP contribution in [0.15, 0.2) is 60.9 Å². The summed E-state index contributed by atoms with van der Waals surface area (Å²) in [5.41, 5.74) is 4.91. The summed E-state index contributed by atoms with van der Waals surface area (Å²) < 4.78 is 11.0. The molecular formula is C31H36ClN5O3. The second-order valence-corrected chi connectivity index (χ2v) is 10.7. The summed E-state index contributed by atoms with van der Waals surface area (Å²) >= 11 is 6.13. The Labute approximate surface area is 240 Å². The van der Waals surface area contributed by atoms with E-state index in [-0.39, 0.29) is 17.9 Å². The number of hydrogen-bond donors (Lipinski definition) is 2. The topological polar surface area (TPSA) is 82.7 Å². The number of amides is 1. The van der Waals surface area contributed by atoms with E-state index in [0.717, 1.165) is 33.4 Å². The van der Waals surface area contributed by atoms with Crippen LogP contribution in [0.25, 0.3) is 22.2 Å². The van der Waals surface area contributed by atoms with Gasteiger partial charge in [-0.05, 0) is 41.5 Å². The quantitative estimate of drug-likeness (QED) is 0.287. The van der Waals surface area contributed by atoms with Crippen LogP contribution in [0.2, 0.25) is 5.02 Å². The number of ether oxygens (including phenoxy) is 2. The highest BCUT2D eigenvalue weighted by Gasteiger charge is 2.30. The molecule has 8 nitrogen and oxygen atoms in total. The Morgan fingerprint density at radius 1 is 1.02 bits per heavy atom. The smallest absolute Gasteiger partial charge is 0.231 e. The number of pyridine rings is 1. The van der Waals surface area contributed by atoms with Crippen molar-refractivity contribution in [3.63, 3.8) is 0 Å². The zero-order valence-corrected chi connectivity index (χ0v) is 24.2. The lowest BCUT2D eigenvalue weighted by molar-refractivity contribution is -0.133. The minimum absolute atomic E-state index is 0.136. The predicted molar refractivity (Wildman–Crippen MR) is 161 cm³/mol. The highest BCUT2D eigenvalue weighted by molar-refractivity contribution is 6.30. The normalized spacial score (nSPS) is 14.6. The maximum Gasteiger partial charge on any atom is 0.231 e. The molecule has 9 heteroatoms. The summed E-state index contributed by atoms with van der Waals surface area (Å²) in [7, 11) is 3.27. The van der Waals surface area contributed by atoms with Crippen LogP contribution in [0.4, 0.5) is 5.69 Å². The van der Waals surface area contributed by atoms with Crippen molar-refractivity contribution in [2.75, 3.05) is 51.8 Å². The first kappa shape index (κ1) is 27.8. The molecule has 210 valence electrons. The van der Waals surface area contributed by atoms with Crippen molar-refractivity contribution >= 4 is 34.2 Å². The van der Waals surface area contributed by atoms with Gasteiger partial charge in [0.25, 0.3) is 0 Å². The van der Waals surface area contributed by atoms with Crippen molar-refractivity contribution in [3.05, 3.63) is 71.5 Å². The van der Waals surface area contributed by atoms with Gasteiger partial charge in [0.05, 0.1) is 25.8 Å². The van der Waals surface area contributed by atoms with Crippen LogP contribution in [-0.2, 0) is 4.79 Å². The number of nitrogens with zero attached hydrogens (tertiary/aromatic N) is 3. The van der Waals surface area contributed by atoms with E-state index in [1.807, 2.05) is 59.8 Å². The van der Waals surface area contributed by atoms with Crippen molar-refractivity contribution in [2.24, 2.45) is 0 Å². The van der Waals surface area contributed by atoms with Crippen molar-refractivity contribution < 1.29 is 14.3 Å². The average molecular weight is 562 g/mol. The molecule has 0 radical (unpaired) electrons. The van der Waals surface area contributed by atoms with E-state index in [9.17, 15) is 4.79 Å². The molecule has 1 unspecified atom stereocenters. The lowest BCUT2D eigenvalue weighted by atomic mass is 9.96. The van der Waals surface area contributed by atoms with Crippen LogP contribution in [0, 0.1) is 0 Å². The highest BCUT2D eigenvalue weighted by atomic mass is 35.5. The molecule has 5 rings (SSSR count). The second-order valence-electron chi connectivity index (χ2n) is 10.3. The minimum Gasteiger partial charge on any atom is -0.493 e. The number of anilines is 1. The summed E-state index contributed by atoms with van der Waals surface area (Å²) in [5.74, 6) is 1.21. The number of aromatic nitrogens is 2. The molecule has 2 aromatic heterocycles. The number of carbonyl (C=O) groups excluding carboxylic acids is 1. The van der Waals surface area contributed by atoms with Gasteiger partial charge >= 0.3 is 0 Å². The van der Waals surface area contributed by atoms with E-state index in [1.165, 1.54) is 0 Å². The van der Waals surface area contributed by atoms with Gasteiger partial charge in [0.1, 0.15) is 5.65 Å². The van der Waals surface area contributed by atoms with E-state index in [2.05, 4.69) is 40.1 Å². The number of carbonyl (C=O) groups is 1. The van der Waals surface area contributed by atoms with E-state index < -0.39 is 0 Å². The van der Waals surface area contributed by atoms with Gasteiger partial charge in [-0.3, -0.25) is 4.79 Å². The molecule has 1 fully saturated rings. The molecule has 2 aromatic carbocycles. The fraction of sp³-hybridized carbons (Fsp3) is 0.355. The molecule has 0 spiro atoms. The fourth-order valence-corrected chi connectivity index (χ4v) is 5.44. The number of H-pyrrole nitrogens is 1. The van der Waals surface area contributed by atoms with Crippen LogP contribution >= 0.6 is 11.6 Å². The first-order chi connectivity index (χ1) is 19.4. The zero-order chi connectivity index (χ0) is 28.2. The lowest BCUT2D eigenvalue weighted by Gasteiger charge is -2.38. The number of aromatic amines is 1. The van der Waals surface area contributed by atoms with Crippen LogP contribution in [0.5, 0.6) is 11.5 Å². The van der Waals surface area contributed by atoms with Crippen LogP contribution in [-0.4, -0.2) is 73.8 Å². The summed E-state index contributed by atoms with van der Waals surface area (Å²) in [6.45, 7) is 7.44. The maximum atomic E-state index is 13.8. The van der Waals surface area contributed by atoms with Gasteiger partial charge in [0.15, 0.2) is 11.5 Å². The highest BCUT2D eigenvalue weighted by Crippen LogP contribution is 2.40. The summed E-state index contributed by atoms with van der Waals surface area (Å²) in [6, 6.07) is 15.9. The molecule has 40 heavy (non-hydrogen) atoms. The number of fused-ring (bicyclic) bond motifs is 1. The van der Waals surface area contributed by atoms with Crippen LogP contribution in [0.1, 0.15) is 25.3 Å². The van der Waals surface area contributed by atoms with Crippen molar-refractivity contribution in [1.29, 1.82) is 0 Å². The number of halogens is 1. The van der Waals surface area contributed by atoms with Gasteiger partial charge in [-0.15, -0.1) is 0 Å². The number of piperazine rings is 1. The second kappa shape index (κ2) is 12.2. The van der Waals surface area contributed by atoms with Crippen molar-refractivity contribution in [2.45, 2.75) is 25.8 Å². The van der Waals surface area contributed by atoms with Gasteiger partial charge in [-0.1, -0.05) is 43.6 Å². The maximum absolute atomic E-state index is 13.8. The van der Waals surface area contributed by atoms with Crippen molar-refractivity contribution in [3.8, 4) is 22.6 Å². The van der Waals surface area contributed by atoms with Crippen LogP contribution in [0.3, 0.4) is 0 Å². The number of methoxy groups -OCH3 is 2. The number of benzene rings is 2. The number of nitrogens with one attached hydrogen (secondary N) is 2. The standard InChI is InChI=1S/C31H36ClN5O3/c1-20(2)34-19-26(21-5-8-23(32)9-6-21)31(38)37-15-13-36(14-16-37)29-24-11-12-33-30(24)35-18-25(29)22-7-10-27(39-3)28(17-22)40-4/h5-12,17-18,20,26,34H,13-16,19H2,1-4H3,(H,33,35). The van der Waals surface area contributed by atoms with E-state index in [4.69, 9.17) is 21.1 Å². The molecule has 0 aliphatic carbocycles. The molecular weight excluding hydrogens is 526 g/mol. The third kappa shape index (κ3) is 5.74. The van der Waals surface area contributed by atoms with Gasteiger partial charge in [0.2, 0.25) is 5.91 Å². The molecule has 1 atom stereocenters. The Morgan fingerprint density at radius 2 is 1.75 bits per heavy atom. The Balaban J connectivity index is 1.41. The molecule has 1 aliphatic heterocycles. The van der Waals surface area contributed by atoms with Crippen LogP contribution < -0.4 is 19.7 Å². The molecule has 1 aliphatic rings. The Morgan fingerprint density at radius 3 is 2.42 bits per heavy atom. The number of rotatable bonds is 9. The number of hydrogen-bond acceptors (Lipinski definition) is 6. The first-order valence-electron chi connectivity index (χ1n) is 13.6. The van der Waals surface area contributed by atoms with E-state index >= 15 is 0 Å². The third-order valence-corrected chi connectivity index (χ3v) is 7.71. The molecule has 1 amide bonds. The molecule has 3 heterocycles.